The summed E-state index contributed by atoms with van der Waals surface area (Å²) in [7, 11) is 0. The normalized spacial score (nSPS) is 16.7. The third-order valence-electron chi connectivity index (χ3n) is 3.20. The average molecular weight is 287 g/mol. The maximum absolute atomic E-state index is 10.9. The van der Waals surface area contributed by atoms with Crippen molar-refractivity contribution in [1.82, 2.24) is 0 Å². The topological polar surface area (TPSA) is 52.4 Å². The van der Waals surface area contributed by atoms with E-state index in [4.69, 9.17) is 4.74 Å². The molecule has 0 aromatic heterocycles. The van der Waals surface area contributed by atoms with E-state index in [1.54, 1.807) is 30.0 Å². The van der Waals surface area contributed by atoms with Gasteiger partial charge in [-0.05, 0) is 24.1 Å². The fourth-order valence-electron chi connectivity index (χ4n) is 2.26. The van der Waals surface area contributed by atoms with Crippen LogP contribution in [0.3, 0.4) is 0 Å². The minimum Gasteiger partial charge on any atom is -0.486 e. The molecule has 0 spiro atoms. The average Bonchev–Trinajstić information content (AvgIpc) is 2.88. The van der Waals surface area contributed by atoms with Crippen LogP contribution in [0, 0.1) is 10.1 Å². The summed E-state index contributed by atoms with van der Waals surface area (Å²) >= 11 is 1.77. The summed E-state index contributed by atoms with van der Waals surface area (Å²) in [5.41, 5.74) is 1.35. The molecule has 102 valence electrons. The molecule has 1 aliphatic heterocycles. The van der Waals surface area contributed by atoms with E-state index in [9.17, 15) is 10.1 Å². The zero-order valence-electron chi connectivity index (χ0n) is 10.7. The standard InChI is InChI=1S/C15H13NO3S/c17-16(18)13-6-2-3-7-14(13)19-10-12-9-11-5-1-4-8-15(11)20-12/h1-8,12H,9-10H2. The van der Waals surface area contributed by atoms with Gasteiger partial charge >= 0.3 is 5.69 Å². The number of hydrogen-bond acceptors (Lipinski definition) is 4. The third kappa shape index (κ3) is 2.63. The van der Waals surface area contributed by atoms with Crippen molar-refractivity contribution in [2.75, 3.05) is 6.61 Å². The first-order valence-corrected chi connectivity index (χ1v) is 7.23. The zero-order valence-corrected chi connectivity index (χ0v) is 11.5. The van der Waals surface area contributed by atoms with Gasteiger partial charge in [0.15, 0.2) is 5.75 Å². The van der Waals surface area contributed by atoms with Crippen LogP contribution in [0.1, 0.15) is 5.56 Å². The van der Waals surface area contributed by atoms with E-state index < -0.39 is 4.92 Å². The number of benzene rings is 2. The van der Waals surface area contributed by atoms with E-state index in [-0.39, 0.29) is 5.69 Å². The Balaban J connectivity index is 1.66. The second-order valence-corrected chi connectivity index (χ2v) is 5.93. The predicted molar refractivity (Wildman–Crippen MR) is 78.4 cm³/mol. The lowest BCUT2D eigenvalue weighted by Gasteiger charge is -2.10. The van der Waals surface area contributed by atoms with Gasteiger partial charge in [0, 0.05) is 16.2 Å². The van der Waals surface area contributed by atoms with Gasteiger partial charge in [0.05, 0.1) is 4.92 Å². The number of nitrogens with zero attached hydrogens (tertiary/aromatic N) is 1. The lowest BCUT2D eigenvalue weighted by Crippen LogP contribution is -2.14. The van der Waals surface area contributed by atoms with E-state index in [2.05, 4.69) is 12.1 Å². The Bertz CT molecular complexity index is 620. The number of nitro groups is 1. The van der Waals surface area contributed by atoms with Crippen LogP contribution in [0.4, 0.5) is 5.69 Å². The van der Waals surface area contributed by atoms with Crippen molar-refractivity contribution in [2.24, 2.45) is 0 Å². The maximum Gasteiger partial charge on any atom is 0.310 e. The van der Waals surface area contributed by atoms with Crippen molar-refractivity contribution < 1.29 is 9.66 Å². The Kier molecular flexibility index (Phi) is 3.60. The lowest BCUT2D eigenvalue weighted by atomic mass is 10.1. The highest BCUT2D eigenvalue weighted by atomic mass is 32.2. The molecule has 5 heteroatoms. The summed E-state index contributed by atoms with van der Waals surface area (Å²) in [6.07, 6.45) is 0.946. The molecule has 0 saturated carbocycles. The molecule has 3 rings (SSSR count). The van der Waals surface area contributed by atoms with Crippen LogP contribution in [-0.4, -0.2) is 16.8 Å². The highest BCUT2D eigenvalue weighted by Crippen LogP contribution is 2.37. The molecule has 0 N–H and O–H groups in total. The van der Waals surface area contributed by atoms with Crippen molar-refractivity contribution in [1.29, 1.82) is 0 Å². The zero-order chi connectivity index (χ0) is 13.9. The summed E-state index contributed by atoms with van der Waals surface area (Å²) in [6.45, 7) is 0.476. The van der Waals surface area contributed by atoms with Crippen LogP contribution in [0.5, 0.6) is 5.75 Å². The second kappa shape index (κ2) is 5.54. The van der Waals surface area contributed by atoms with Crippen molar-refractivity contribution in [2.45, 2.75) is 16.6 Å². The Morgan fingerprint density at radius 3 is 2.75 bits per heavy atom. The maximum atomic E-state index is 10.9. The molecule has 0 bridgehead atoms. The number of fused-ring (bicyclic) bond motifs is 1. The lowest BCUT2D eigenvalue weighted by molar-refractivity contribution is -0.385. The van der Waals surface area contributed by atoms with Crippen molar-refractivity contribution >= 4 is 17.4 Å². The second-order valence-electron chi connectivity index (χ2n) is 4.59. The summed E-state index contributed by atoms with van der Waals surface area (Å²) in [4.78, 5) is 11.8. The first-order valence-electron chi connectivity index (χ1n) is 6.35. The van der Waals surface area contributed by atoms with Gasteiger partial charge < -0.3 is 4.74 Å². The molecule has 0 fully saturated rings. The molecule has 1 unspecified atom stereocenters. The molecule has 1 aliphatic rings. The van der Waals surface area contributed by atoms with Crippen LogP contribution < -0.4 is 4.74 Å². The third-order valence-corrected chi connectivity index (χ3v) is 4.49. The molecule has 0 aliphatic carbocycles. The Morgan fingerprint density at radius 2 is 1.95 bits per heavy atom. The van der Waals surface area contributed by atoms with E-state index in [0.717, 1.165) is 6.42 Å². The Morgan fingerprint density at radius 1 is 1.20 bits per heavy atom. The molecule has 0 radical (unpaired) electrons. The minimum atomic E-state index is -0.411. The first kappa shape index (κ1) is 13.0. The molecule has 1 atom stereocenters. The van der Waals surface area contributed by atoms with Crippen molar-refractivity contribution in [3.05, 3.63) is 64.2 Å². The fourth-order valence-corrected chi connectivity index (χ4v) is 3.48. The Hall–Kier alpha value is -2.01. The van der Waals surface area contributed by atoms with Crippen LogP contribution >= 0.6 is 11.8 Å². The van der Waals surface area contributed by atoms with Crippen LogP contribution in [0.2, 0.25) is 0 Å². The van der Waals surface area contributed by atoms with Gasteiger partial charge in [-0.2, -0.15) is 0 Å². The number of ether oxygens (including phenoxy) is 1. The van der Waals surface area contributed by atoms with E-state index >= 15 is 0 Å². The van der Waals surface area contributed by atoms with Crippen LogP contribution in [-0.2, 0) is 6.42 Å². The molecular formula is C15H13NO3S. The molecular weight excluding hydrogens is 274 g/mol. The van der Waals surface area contributed by atoms with Gasteiger partial charge in [-0.15, -0.1) is 11.8 Å². The first-order chi connectivity index (χ1) is 9.74. The molecule has 4 nitrogen and oxygen atoms in total. The molecule has 20 heavy (non-hydrogen) atoms. The molecule has 2 aromatic rings. The van der Waals surface area contributed by atoms with Crippen molar-refractivity contribution in [3.8, 4) is 5.75 Å². The van der Waals surface area contributed by atoms with Crippen molar-refractivity contribution in [3.63, 3.8) is 0 Å². The van der Waals surface area contributed by atoms with Gasteiger partial charge in [0.25, 0.3) is 0 Å². The molecule has 0 saturated heterocycles. The van der Waals surface area contributed by atoms with E-state index in [1.165, 1.54) is 16.5 Å². The molecule has 0 amide bonds. The highest BCUT2D eigenvalue weighted by Gasteiger charge is 2.23. The predicted octanol–water partition coefficient (Wildman–Crippen LogP) is 3.69. The summed E-state index contributed by atoms with van der Waals surface area (Å²) < 4.78 is 5.65. The molecule has 1 heterocycles. The summed E-state index contributed by atoms with van der Waals surface area (Å²) in [6, 6.07) is 14.8. The van der Waals surface area contributed by atoms with E-state index in [0.29, 0.717) is 17.6 Å². The fraction of sp³-hybridized carbons (Fsp3) is 0.200. The SMILES string of the molecule is O=[N+]([O-])c1ccccc1OCC1Cc2ccccc2S1. The van der Waals surface area contributed by atoms with Gasteiger partial charge in [-0.1, -0.05) is 30.3 Å². The number of thioether (sulfide) groups is 1. The van der Waals surface area contributed by atoms with Gasteiger partial charge in [0.2, 0.25) is 0 Å². The minimum absolute atomic E-state index is 0.0213. The van der Waals surface area contributed by atoms with Crippen LogP contribution in [0.25, 0.3) is 0 Å². The highest BCUT2D eigenvalue weighted by molar-refractivity contribution is 8.00. The number of hydrogen-bond donors (Lipinski definition) is 0. The summed E-state index contributed by atoms with van der Waals surface area (Å²) in [5, 5.41) is 11.2. The Labute approximate surface area is 120 Å². The van der Waals surface area contributed by atoms with Gasteiger partial charge in [-0.25, -0.2) is 0 Å². The molecule has 2 aromatic carbocycles. The summed E-state index contributed by atoms with van der Waals surface area (Å²) in [5.74, 6) is 0.342. The van der Waals surface area contributed by atoms with Gasteiger partial charge in [-0.3, -0.25) is 10.1 Å². The quantitative estimate of drug-likeness (QED) is 0.635. The number of para-hydroxylation sites is 2. The largest absolute Gasteiger partial charge is 0.486 e. The monoisotopic (exact) mass is 287 g/mol. The number of nitro benzene ring substituents is 1. The number of rotatable bonds is 4. The smallest absolute Gasteiger partial charge is 0.310 e. The van der Waals surface area contributed by atoms with Gasteiger partial charge in [0.1, 0.15) is 6.61 Å². The van der Waals surface area contributed by atoms with Crippen LogP contribution in [0.15, 0.2) is 53.4 Å². The van der Waals surface area contributed by atoms with E-state index in [1.807, 2.05) is 12.1 Å².